The molecule has 5 nitrogen and oxygen atoms in total. The van der Waals surface area contributed by atoms with E-state index in [-0.39, 0.29) is 12.6 Å². The highest BCUT2D eigenvalue weighted by molar-refractivity contribution is 5.74. The molecule has 0 saturated carbocycles. The van der Waals surface area contributed by atoms with Crippen LogP contribution in [0.5, 0.6) is 0 Å². The molecule has 0 aliphatic rings. The Balaban J connectivity index is 2.01. The second-order valence-corrected chi connectivity index (χ2v) is 5.89. The summed E-state index contributed by atoms with van der Waals surface area (Å²) in [5.74, 6) is 0.691. The lowest BCUT2D eigenvalue weighted by Gasteiger charge is -2.29. The standard InChI is InChI=1S/C17H22N2O3/c1-17(2,21)13-19(12-14-7-4-3-5-8-14)16(20)18-11-15-9-6-10-22-15/h3-10,21H,11-13H2,1-2H3,(H,18,20). The van der Waals surface area contributed by atoms with Crippen LogP contribution in [0.2, 0.25) is 0 Å². The van der Waals surface area contributed by atoms with Gasteiger partial charge in [-0.05, 0) is 31.5 Å². The molecule has 1 heterocycles. The second-order valence-electron chi connectivity index (χ2n) is 5.89. The summed E-state index contributed by atoms with van der Waals surface area (Å²) in [4.78, 5) is 14.0. The van der Waals surface area contributed by atoms with Crippen LogP contribution >= 0.6 is 0 Å². The van der Waals surface area contributed by atoms with E-state index in [1.54, 1.807) is 37.1 Å². The predicted molar refractivity (Wildman–Crippen MR) is 84.1 cm³/mol. The Morgan fingerprint density at radius 2 is 1.95 bits per heavy atom. The Hall–Kier alpha value is -2.27. The molecule has 2 aromatic rings. The maximum Gasteiger partial charge on any atom is 0.318 e. The van der Waals surface area contributed by atoms with Crippen molar-refractivity contribution in [1.82, 2.24) is 10.2 Å². The third-order valence-electron chi connectivity index (χ3n) is 3.08. The summed E-state index contributed by atoms with van der Waals surface area (Å²) in [6.07, 6.45) is 1.57. The molecule has 0 aliphatic heterocycles. The van der Waals surface area contributed by atoms with Crippen LogP contribution in [0.1, 0.15) is 25.2 Å². The van der Waals surface area contributed by atoms with Crippen molar-refractivity contribution in [2.75, 3.05) is 6.54 Å². The van der Waals surface area contributed by atoms with Gasteiger partial charge in [-0.25, -0.2) is 4.79 Å². The molecule has 0 atom stereocenters. The number of hydrogen-bond acceptors (Lipinski definition) is 3. The number of benzene rings is 1. The monoisotopic (exact) mass is 302 g/mol. The van der Waals surface area contributed by atoms with E-state index in [1.807, 2.05) is 30.3 Å². The average molecular weight is 302 g/mol. The minimum absolute atomic E-state index is 0.234. The first-order chi connectivity index (χ1) is 10.4. The van der Waals surface area contributed by atoms with Crippen LogP contribution in [-0.4, -0.2) is 28.2 Å². The number of hydrogen-bond donors (Lipinski definition) is 2. The van der Waals surface area contributed by atoms with E-state index in [0.717, 1.165) is 5.56 Å². The van der Waals surface area contributed by atoms with E-state index < -0.39 is 5.60 Å². The van der Waals surface area contributed by atoms with Crippen LogP contribution in [0.3, 0.4) is 0 Å². The average Bonchev–Trinajstić information content (AvgIpc) is 2.97. The summed E-state index contributed by atoms with van der Waals surface area (Å²) in [5, 5.41) is 12.8. The van der Waals surface area contributed by atoms with Gasteiger partial charge in [-0.1, -0.05) is 30.3 Å². The molecule has 118 valence electrons. The molecule has 0 fully saturated rings. The molecule has 1 aromatic heterocycles. The SMILES string of the molecule is CC(C)(O)CN(Cc1ccccc1)C(=O)NCc1ccco1. The van der Waals surface area contributed by atoms with Gasteiger partial charge in [0.15, 0.2) is 0 Å². The zero-order valence-electron chi connectivity index (χ0n) is 13.0. The van der Waals surface area contributed by atoms with E-state index >= 15 is 0 Å². The highest BCUT2D eigenvalue weighted by atomic mass is 16.3. The maximum absolute atomic E-state index is 12.4. The third kappa shape index (κ3) is 5.26. The summed E-state index contributed by atoms with van der Waals surface area (Å²) < 4.78 is 5.20. The zero-order valence-corrected chi connectivity index (χ0v) is 13.0. The van der Waals surface area contributed by atoms with Crippen molar-refractivity contribution in [2.24, 2.45) is 0 Å². The summed E-state index contributed by atoms with van der Waals surface area (Å²) in [6, 6.07) is 13.0. The number of furan rings is 1. The molecule has 2 N–H and O–H groups in total. The maximum atomic E-state index is 12.4. The van der Waals surface area contributed by atoms with Crippen LogP contribution in [-0.2, 0) is 13.1 Å². The van der Waals surface area contributed by atoms with Crippen LogP contribution in [0.25, 0.3) is 0 Å². The molecule has 0 bridgehead atoms. The number of rotatable bonds is 6. The summed E-state index contributed by atoms with van der Waals surface area (Å²) in [6.45, 7) is 4.37. The molecule has 2 rings (SSSR count). The smallest absolute Gasteiger partial charge is 0.318 e. The van der Waals surface area contributed by atoms with Gasteiger partial charge in [0.1, 0.15) is 5.76 Å². The molecule has 0 unspecified atom stereocenters. The minimum atomic E-state index is -0.962. The topological polar surface area (TPSA) is 65.7 Å². The first-order valence-corrected chi connectivity index (χ1v) is 7.25. The summed E-state index contributed by atoms with van der Waals surface area (Å²) >= 11 is 0. The number of aliphatic hydroxyl groups is 1. The van der Waals surface area contributed by atoms with Crippen LogP contribution in [0.15, 0.2) is 53.1 Å². The number of carbonyl (C=O) groups excluding carboxylic acids is 1. The van der Waals surface area contributed by atoms with Crippen molar-refractivity contribution in [1.29, 1.82) is 0 Å². The molecular formula is C17H22N2O3. The lowest BCUT2D eigenvalue weighted by Crippen LogP contribution is -2.46. The quantitative estimate of drug-likeness (QED) is 0.862. The molecule has 0 spiro atoms. The van der Waals surface area contributed by atoms with Gasteiger partial charge in [0.2, 0.25) is 0 Å². The minimum Gasteiger partial charge on any atom is -0.467 e. The number of nitrogens with one attached hydrogen (secondary N) is 1. The van der Waals surface area contributed by atoms with Gasteiger partial charge in [0.25, 0.3) is 0 Å². The first kappa shape index (κ1) is 16.1. The third-order valence-corrected chi connectivity index (χ3v) is 3.08. The number of amides is 2. The van der Waals surface area contributed by atoms with Crippen molar-refractivity contribution < 1.29 is 14.3 Å². The highest BCUT2D eigenvalue weighted by Crippen LogP contribution is 2.11. The molecule has 0 saturated heterocycles. The van der Waals surface area contributed by atoms with Crippen molar-refractivity contribution in [3.05, 3.63) is 60.1 Å². The highest BCUT2D eigenvalue weighted by Gasteiger charge is 2.22. The van der Waals surface area contributed by atoms with Gasteiger partial charge in [-0.3, -0.25) is 0 Å². The molecule has 5 heteroatoms. The Morgan fingerprint density at radius 1 is 1.23 bits per heavy atom. The Kier molecular flexibility index (Phi) is 5.22. The van der Waals surface area contributed by atoms with E-state index in [2.05, 4.69) is 5.32 Å². The number of carbonyl (C=O) groups is 1. The van der Waals surface area contributed by atoms with Crippen LogP contribution in [0, 0.1) is 0 Å². The van der Waals surface area contributed by atoms with Crippen LogP contribution in [0.4, 0.5) is 4.79 Å². The van der Waals surface area contributed by atoms with E-state index in [9.17, 15) is 9.90 Å². The Morgan fingerprint density at radius 3 is 2.55 bits per heavy atom. The normalized spacial score (nSPS) is 11.2. The lowest BCUT2D eigenvalue weighted by atomic mass is 10.1. The lowest BCUT2D eigenvalue weighted by molar-refractivity contribution is 0.0445. The summed E-state index contributed by atoms with van der Waals surface area (Å²) in [5.41, 5.74) is 0.0523. The van der Waals surface area contributed by atoms with Gasteiger partial charge in [0.05, 0.1) is 25.0 Å². The molecule has 0 aliphatic carbocycles. The van der Waals surface area contributed by atoms with Gasteiger partial charge < -0.3 is 19.7 Å². The first-order valence-electron chi connectivity index (χ1n) is 7.25. The fraction of sp³-hybridized carbons (Fsp3) is 0.353. The number of urea groups is 1. The largest absolute Gasteiger partial charge is 0.467 e. The molecular weight excluding hydrogens is 280 g/mol. The van der Waals surface area contributed by atoms with E-state index in [0.29, 0.717) is 18.8 Å². The van der Waals surface area contributed by atoms with Crippen molar-refractivity contribution in [3.8, 4) is 0 Å². The molecule has 0 radical (unpaired) electrons. The van der Waals surface area contributed by atoms with E-state index in [1.165, 1.54) is 0 Å². The summed E-state index contributed by atoms with van der Waals surface area (Å²) in [7, 11) is 0. The fourth-order valence-corrected chi connectivity index (χ4v) is 2.16. The Labute approximate surface area is 130 Å². The molecule has 1 aromatic carbocycles. The van der Waals surface area contributed by atoms with Crippen molar-refractivity contribution >= 4 is 6.03 Å². The second kappa shape index (κ2) is 7.13. The van der Waals surface area contributed by atoms with Gasteiger partial charge in [0, 0.05) is 6.54 Å². The Bertz CT molecular complexity index is 574. The fourth-order valence-electron chi connectivity index (χ4n) is 2.16. The van der Waals surface area contributed by atoms with Crippen molar-refractivity contribution in [3.63, 3.8) is 0 Å². The predicted octanol–water partition coefficient (Wildman–Crippen LogP) is 2.76. The number of nitrogens with zero attached hydrogens (tertiary/aromatic N) is 1. The van der Waals surface area contributed by atoms with Crippen LogP contribution < -0.4 is 5.32 Å². The van der Waals surface area contributed by atoms with E-state index in [4.69, 9.17) is 4.42 Å². The van der Waals surface area contributed by atoms with Gasteiger partial charge >= 0.3 is 6.03 Å². The van der Waals surface area contributed by atoms with Gasteiger partial charge in [-0.2, -0.15) is 0 Å². The zero-order chi connectivity index (χ0) is 16.0. The molecule has 2 amide bonds. The molecule has 22 heavy (non-hydrogen) atoms. The van der Waals surface area contributed by atoms with Gasteiger partial charge in [-0.15, -0.1) is 0 Å². The van der Waals surface area contributed by atoms with Crippen molar-refractivity contribution in [2.45, 2.75) is 32.5 Å².